The normalized spacial score (nSPS) is 22.0. The Morgan fingerprint density at radius 2 is 1.77 bits per heavy atom. The van der Waals surface area contributed by atoms with E-state index in [9.17, 15) is 9.59 Å². The summed E-state index contributed by atoms with van der Waals surface area (Å²) in [7, 11) is 0. The molecule has 1 atom stereocenters. The summed E-state index contributed by atoms with van der Waals surface area (Å²) in [6.45, 7) is 0.507. The standard InChI is InChI=1S/C21H29ClN2O2/c22-14-19(25)24-21(11-5-1-2-6-12-21)15-23-20(26)18-10-9-16-7-3-4-8-17(16)13-18/h3-4,7-8,18H,1-2,5-6,9-15H2,(H,23,26)(H,24,25). The maximum atomic E-state index is 12.8. The summed E-state index contributed by atoms with van der Waals surface area (Å²) in [5.41, 5.74) is 2.31. The van der Waals surface area contributed by atoms with E-state index in [-0.39, 0.29) is 29.2 Å². The first kappa shape index (κ1) is 19.2. The molecule has 0 aliphatic heterocycles. The van der Waals surface area contributed by atoms with Crippen LogP contribution in [0.3, 0.4) is 0 Å². The van der Waals surface area contributed by atoms with Gasteiger partial charge in [0.2, 0.25) is 11.8 Å². The molecule has 2 aliphatic carbocycles. The first-order chi connectivity index (χ1) is 12.6. The molecule has 0 saturated heterocycles. The lowest BCUT2D eigenvalue weighted by Crippen LogP contribution is -2.56. The van der Waals surface area contributed by atoms with Crippen molar-refractivity contribution in [2.75, 3.05) is 12.4 Å². The number of rotatable bonds is 5. The van der Waals surface area contributed by atoms with Crippen molar-refractivity contribution in [3.63, 3.8) is 0 Å². The lowest BCUT2D eigenvalue weighted by Gasteiger charge is -2.35. The predicted molar refractivity (Wildman–Crippen MR) is 104 cm³/mol. The van der Waals surface area contributed by atoms with E-state index in [4.69, 9.17) is 11.6 Å². The van der Waals surface area contributed by atoms with Crippen LogP contribution in [-0.2, 0) is 22.4 Å². The van der Waals surface area contributed by atoms with Gasteiger partial charge in [0.1, 0.15) is 5.88 Å². The number of alkyl halides is 1. The van der Waals surface area contributed by atoms with Crippen LogP contribution in [0.4, 0.5) is 0 Å². The van der Waals surface area contributed by atoms with Gasteiger partial charge in [0.05, 0.1) is 5.54 Å². The highest BCUT2D eigenvalue weighted by molar-refractivity contribution is 6.27. The molecule has 0 heterocycles. The van der Waals surface area contributed by atoms with Gasteiger partial charge in [-0.05, 0) is 43.2 Å². The molecule has 1 aromatic carbocycles. The summed E-state index contributed by atoms with van der Waals surface area (Å²) in [5.74, 6) is -0.0381. The zero-order valence-corrected chi connectivity index (χ0v) is 16.1. The molecule has 0 aromatic heterocycles. The molecule has 3 rings (SSSR count). The van der Waals surface area contributed by atoms with E-state index in [1.807, 2.05) is 6.07 Å². The van der Waals surface area contributed by atoms with E-state index in [0.29, 0.717) is 6.54 Å². The molecule has 142 valence electrons. The van der Waals surface area contributed by atoms with Crippen LogP contribution in [0.5, 0.6) is 0 Å². The summed E-state index contributed by atoms with van der Waals surface area (Å²) in [6.07, 6.45) is 9.00. The molecule has 1 aromatic rings. The first-order valence-corrected chi connectivity index (χ1v) is 10.4. The van der Waals surface area contributed by atoms with Crippen LogP contribution in [0.1, 0.15) is 56.1 Å². The van der Waals surface area contributed by atoms with Crippen LogP contribution in [0.2, 0.25) is 0 Å². The Bertz CT molecular complexity index is 639. The molecule has 0 radical (unpaired) electrons. The van der Waals surface area contributed by atoms with Gasteiger partial charge in [0, 0.05) is 12.5 Å². The summed E-state index contributed by atoms with van der Waals surface area (Å²) in [4.78, 5) is 24.7. The highest BCUT2D eigenvalue weighted by Gasteiger charge is 2.34. The number of halogens is 1. The van der Waals surface area contributed by atoms with Crippen LogP contribution in [0, 0.1) is 5.92 Å². The number of hydrogen-bond acceptors (Lipinski definition) is 2. The highest BCUT2D eigenvalue weighted by atomic mass is 35.5. The van der Waals surface area contributed by atoms with Crippen molar-refractivity contribution in [3.8, 4) is 0 Å². The van der Waals surface area contributed by atoms with Gasteiger partial charge in [-0.2, -0.15) is 0 Å². The molecule has 5 heteroatoms. The maximum absolute atomic E-state index is 12.8. The van der Waals surface area contributed by atoms with Crippen molar-refractivity contribution in [1.82, 2.24) is 10.6 Å². The maximum Gasteiger partial charge on any atom is 0.235 e. The van der Waals surface area contributed by atoms with Gasteiger partial charge in [0.15, 0.2) is 0 Å². The minimum Gasteiger partial charge on any atom is -0.354 e. The predicted octanol–water partition coefficient (Wildman–Crippen LogP) is 3.36. The quantitative estimate of drug-likeness (QED) is 0.611. The minimum atomic E-state index is -0.343. The van der Waals surface area contributed by atoms with Crippen molar-refractivity contribution in [1.29, 1.82) is 0 Å². The number of amides is 2. The molecule has 1 saturated carbocycles. The zero-order chi connectivity index (χ0) is 18.4. The number of fused-ring (bicyclic) bond motifs is 1. The fraction of sp³-hybridized carbons (Fsp3) is 0.619. The van der Waals surface area contributed by atoms with Crippen LogP contribution in [0.15, 0.2) is 24.3 Å². The Morgan fingerprint density at radius 3 is 2.46 bits per heavy atom. The van der Waals surface area contributed by atoms with Crippen molar-refractivity contribution in [2.45, 2.75) is 63.3 Å². The summed E-state index contributed by atoms with van der Waals surface area (Å²) in [6, 6.07) is 8.39. The fourth-order valence-electron chi connectivity index (χ4n) is 4.40. The van der Waals surface area contributed by atoms with Crippen molar-refractivity contribution in [3.05, 3.63) is 35.4 Å². The number of nitrogens with one attached hydrogen (secondary N) is 2. The van der Waals surface area contributed by atoms with Gasteiger partial charge in [-0.1, -0.05) is 49.9 Å². The van der Waals surface area contributed by atoms with Gasteiger partial charge < -0.3 is 10.6 Å². The SMILES string of the molecule is O=C(CCl)NC1(CNC(=O)C2CCc3ccccc3C2)CCCCCC1. The van der Waals surface area contributed by atoms with Gasteiger partial charge in [-0.3, -0.25) is 9.59 Å². The third kappa shape index (κ3) is 4.79. The average Bonchev–Trinajstić information content (AvgIpc) is 2.91. The molecular formula is C21H29ClN2O2. The largest absolute Gasteiger partial charge is 0.354 e. The van der Waals surface area contributed by atoms with E-state index < -0.39 is 0 Å². The number of aryl methyl sites for hydroxylation is 1. The number of hydrogen-bond donors (Lipinski definition) is 2. The first-order valence-electron chi connectivity index (χ1n) is 9.83. The van der Waals surface area contributed by atoms with Gasteiger partial charge >= 0.3 is 0 Å². The molecular weight excluding hydrogens is 348 g/mol. The minimum absolute atomic E-state index is 0.0245. The molecule has 4 nitrogen and oxygen atoms in total. The third-order valence-electron chi connectivity index (χ3n) is 5.91. The smallest absolute Gasteiger partial charge is 0.235 e. The van der Waals surface area contributed by atoms with Crippen molar-refractivity contribution >= 4 is 23.4 Å². The molecule has 26 heavy (non-hydrogen) atoms. The van der Waals surface area contributed by atoms with E-state index in [1.54, 1.807) is 0 Å². The van der Waals surface area contributed by atoms with Gasteiger partial charge in [-0.25, -0.2) is 0 Å². The van der Waals surface area contributed by atoms with E-state index in [1.165, 1.54) is 24.0 Å². The van der Waals surface area contributed by atoms with Crippen molar-refractivity contribution < 1.29 is 9.59 Å². The van der Waals surface area contributed by atoms with E-state index >= 15 is 0 Å². The Morgan fingerprint density at radius 1 is 1.08 bits per heavy atom. The Hall–Kier alpha value is -1.55. The van der Waals surface area contributed by atoms with Gasteiger partial charge in [-0.15, -0.1) is 11.6 Å². The lowest BCUT2D eigenvalue weighted by atomic mass is 9.83. The van der Waals surface area contributed by atoms with Crippen molar-refractivity contribution in [2.24, 2.45) is 5.92 Å². The summed E-state index contributed by atoms with van der Waals surface area (Å²) < 4.78 is 0. The molecule has 0 spiro atoms. The second kappa shape index (κ2) is 8.90. The fourth-order valence-corrected chi connectivity index (χ4v) is 4.47. The second-order valence-corrected chi connectivity index (χ2v) is 8.07. The van der Waals surface area contributed by atoms with Crippen LogP contribution in [-0.4, -0.2) is 29.8 Å². The monoisotopic (exact) mass is 376 g/mol. The van der Waals surface area contributed by atoms with Gasteiger partial charge in [0.25, 0.3) is 0 Å². The zero-order valence-electron chi connectivity index (χ0n) is 15.4. The summed E-state index contributed by atoms with van der Waals surface area (Å²) >= 11 is 5.71. The molecule has 2 amide bonds. The summed E-state index contributed by atoms with van der Waals surface area (Å²) in [5, 5.41) is 6.26. The Labute approximate surface area is 161 Å². The number of benzene rings is 1. The lowest BCUT2D eigenvalue weighted by molar-refractivity contribution is -0.126. The van der Waals surface area contributed by atoms with E-state index in [2.05, 4.69) is 28.8 Å². The van der Waals surface area contributed by atoms with Crippen LogP contribution >= 0.6 is 11.6 Å². The van der Waals surface area contributed by atoms with Crippen LogP contribution in [0.25, 0.3) is 0 Å². The highest BCUT2D eigenvalue weighted by Crippen LogP contribution is 2.28. The van der Waals surface area contributed by atoms with Crippen LogP contribution < -0.4 is 10.6 Å². The molecule has 1 unspecified atom stereocenters. The number of carbonyl (C=O) groups excluding carboxylic acids is 2. The average molecular weight is 377 g/mol. The molecule has 0 bridgehead atoms. The third-order valence-corrected chi connectivity index (χ3v) is 6.15. The Balaban J connectivity index is 1.61. The molecule has 2 N–H and O–H groups in total. The topological polar surface area (TPSA) is 58.2 Å². The molecule has 2 aliphatic rings. The second-order valence-electron chi connectivity index (χ2n) is 7.80. The molecule has 1 fully saturated rings. The number of carbonyl (C=O) groups is 2. The Kier molecular flexibility index (Phi) is 6.58. The van der Waals surface area contributed by atoms with E-state index in [0.717, 1.165) is 44.9 Å².